The third kappa shape index (κ3) is 12.1. The highest BCUT2D eigenvalue weighted by Crippen LogP contribution is 2.57. The smallest absolute Gasteiger partial charge is 0.255 e. The van der Waals surface area contributed by atoms with E-state index in [1.807, 2.05) is 32.9 Å². The van der Waals surface area contributed by atoms with Crippen LogP contribution in [-0.2, 0) is 62.4 Å². The predicted octanol–water partition coefficient (Wildman–Crippen LogP) is 3.44. The van der Waals surface area contributed by atoms with Crippen LogP contribution < -0.4 is 17.2 Å². The van der Waals surface area contributed by atoms with Gasteiger partial charge in [0, 0.05) is 40.0 Å². The first-order valence-corrected chi connectivity index (χ1v) is 32.6. The van der Waals surface area contributed by atoms with Crippen LogP contribution in [0.15, 0.2) is 106 Å². The van der Waals surface area contributed by atoms with E-state index in [1.54, 1.807) is 80.4 Å². The number of Topliss-reactive ketones (excluding diaryl/α,β-unsaturated/α-hetero) is 6. The lowest BCUT2D eigenvalue weighted by atomic mass is 9.57. The van der Waals surface area contributed by atoms with Crippen LogP contribution in [0.25, 0.3) is 23.4 Å². The number of carbonyl (C=O) groups is 9. The monoisotopic (exact) mass is 1420 g/mol. The van der Waals surface area contributed by atoms with Gasteiger partial charge in [0.15, 0.2) is 34.2 Å². The van der Waals surface area contributed by atoms with Crippen molar-refractivity contribution in [1.29, 1.82) is 0 Å². The SMILES string of the molecule is C#CC.C/C=C\c1ccc(O)c2c1CC1CC3C(N(C)C)C(=O)C(C(N)=O)=C(O)[C@@]3(O)C(=O)C1=C2O.C=CC.CC#Cc1ccc(O)c2c1CC1CC3C(N(C)C)C(=O)C(C(N)=O)=C(O)[C@@]3(O)C(=O)C1=C2O.Cc1ccc(O)c2c1CC1CC3C(N(C)C)C(=O)C(C(N)=O)=C(O)[C@@]3(O)C(=O)C1=C2O. The van der Waals surface area contributed by atoms with Gasteiger partial charge in [0.25, 0.3) is 17.7 Å². The second-order valence-electron chi connectivity index (χ2n) is 27.2. The number of phenolic OH excluding ortho intramolecular Hbond substituents is 3. The van der Waals surface area contributed by atoms with Crippen LogP contribution in [0.4, 0.5) is 0 Å². The Morgan fingerprint density at radius 2 is 0.806 bits per heavy atom. The average Bonchev–Trinajstić information content (AvgIpc) is 0.712. The number of fused-ring (bicyclic) bond motifs is 9. The van der Waals surface area contributed by atoms with Crippen LogP contribution in [0, 0.1) is 66.6 Å². The Hall–Kier alpha value is -10.9. The van der Waals surface area contributed by atoms with Gasteiger partial charge in [0.05, 0.1) is 34.8 Å². The van der Waals surface area contributed by atoms with E-state index in [0.29, 0.717) is 28.7 Å². The Bertz CT molecular complexity index is 4600. The lowest BCUT2D eigenvalue weighted by Gasteiger charge is -2.50. The van der Waals surface area contributed by atoms with Crippen LogP contribution in [0.2, 0.25) is 0 Å². The molecular formula is C76H84N6O21. The average molecular weight is 1420 g/mol. The standard InChI is InChI=1S/C24H26N2O7.C24H24N2O7.C22H24N2O7.C3H6.C3H4/c2*1-4-5-10-6-7-14(27)16-12(10)8-11-9-13-18(26(2)3)20(29)17(23(25)32)22(31)24(13,33)21(30)15(11)19(16)28;1-8-4-5-12(25)14-10(8)6-9-7-11-16(24(2)3)18(27)15(21(23)30)20(29)22(11,31)19(28)13(9)17(14)26;2*1-3-2/h4-7,11,13,18,27-28,31,33H,8-9H2,1-3H3,(H2,25,32);6-7,11,13,18,27-28,31,33H,8-9H2,1-3H3,(H2,25,32);4-5,9,11,16,25-26,29,31H,6-7H2,1-3H3,(H2,23,30);3H,1H2,2H3;1H,2H3/b5-4-;;;;/t2*11?,13?,18?,24-;9?,11?,16?,22-;;/m000../s1. The number of primary amides is 3. The Labute approximate surface area is 592 Å². The highest BCUT2D eigenvalue weighted by molar-refractivity contribution is 6.27. The summed E-state index contributed by atoms with van der Waals surface area (Å²) in [5.41, 5.74) is 9.29. The molecule has 9 unspecified atom stereocenters. The Morgan fingerprint density at radius 1 is 0.515 bits per heavy atom. The number of aliphatic hydroxyl groups excluding tert-OH is 6. The highest BCUT2D eigenvalue weighted by Gasteiger charge is 2.67. The maximum Gasteiger partial charge on any atom is 0.255 e. The first kappa shape index (κ1) is 77.8. The van der Waals surface area contributed by atoms with Gasteiger partial charge in [0.1, 0.15) is 68.5 Å². The number of amides is 3. The molecule has 9 aliphatic carbocycles. The van der Waals surface area contributed by atoms with Crippen molar-refractivity contribution in [1.82, 2.24) is 14.7 Å². The van der Waals surface area contributed by atoms with Gasteiger partial charge < -0.3 is 78.5 Å². The van der Waals surface area contributed by atoms with E-state index in [9.17, 15) is 104 Å². The number of terminal acetylenes is 1. The molecule has 12 atom stereocenters. The van der Waals surface area contributed by atoms with Gasteiger partial charge in [-0.25, -0.2) is 0 Å². The number of nitrogens with two attached hydrogens (primary N) is 3. The number of nitrogens with zero attached hydrogens (tertiary/aromatic N) is 3. The van der Waals surface area contributed by atoms with E-state index in [0.717, 1.165) is 11.1 Å². The molecule has 9 aliphatic rings. The zero-order chi connectivity index (χ0) is 77.2. The zero-order valence-corrected chi connectivity index (χ0v) is 58.5. The molecule has 3 aromatic rings. The number of ketones is 6. The summed E-state index contributed by atoms with van der Waals surface area (Å²) < 4.78 is 0. The summed E-state index contributed by atoms with van der Waals surface area (Å²) in [5.74, 6) is -11.7. The number of allylic oxidation sites excluding steroid dienone is 2. The molecule has 3 amide bonds. The van der Waals surface area contributed by atoms with E-state index in [1.165, 1.54) is 32.9 Å². The summed E-state index contributed by atoms with van der Waals surface area (Å²) in [6.45, 7) is 12.2. The minimum atomic E-state index is -2.64. The van der Waals surface area contributed by atoms with Gasteiger partial charge in [0.2, 0.25) is 17.3 Å². The molecular weight excluding hydrogens is 1330 g/mol. The molecule has 3 saturated carbocycles. The van der Waals surface area contributed by atoms with Crippen molar-refractivity contribution < 1.29 is 104 Å². The molecule has 0 aromatic heterocycles. The molecule has 12 rings (SSSR count). The summed E-state index contributed by atoms with van der Waals surface area (Å²) in [7, 11) is 9.37. The summed E-state index contributed by atoms with van der Waals surface area (Å²) in [6, 6.07) is 5.89. The number of aromatic hydroxyl groups is 3. The van der Waals surface area contributed by atoms with Crippen molar-refractivity contribution in [2.75, 3.05) is 42.3 Å². The molecule has 0 spiro atoms. The minimum absolute atomic E-state index is 0.0338. The molecule has 0 saturated heterocycles. The summed E-state index contributed by atoms with van der Waals surface area (Å²) in [6.07, 6.45) is 10.9. The third-order valence-electron chi connectivity index (χ3n) is 20.7. The zero-order valence-electron chi connectivity index (χ0n) is 58.5. The summed E-state index contributed by atoms with van der Waals surface area (Å²) in [4.78, 5) is 120. The van der Waals surface area contributed by atoms with Crippen LogP contribution in [0.5, 0.6) is 17.2 Å². The number of hydrogen-bond acceptors (Lipinski definition) is 24. The molecule has 103 heavy (non-hydrogen) atoms. The van der Waals surface area contributed by atoms with Crippen LogP contribution in [-0.4, -0.2) is 206 Å². The fraction of sp³-hybridized carbons (Fsp3) is 0.382. The lowest BCUT2D eigenvalue weighted by molar-refractivity contribution is -0.155. The number of hydrogen-bond donors (Lipinski definition) is 15. The Morgan fingerprint density at radius 3 is 1.12 bits per heavy atom. The van der Waals surface area contributed by atoms with Crippen molar-refractivity contribution in [3.05, 3.63) is 156 Å². The molecule has 3 aromatic carbocycles. The number of rotatable bonds is 7. The largest absolute Gasteiger partial charge is 0.508 e. The quantitative estimate of drug-likeness (QED) is 0.0915. The van der Waals surface area contributed by atoms with Crippen molar-refractivity contribution in [2.45, 2.75) is 108 Å². The lowest BCUT2D eigenvalue weighted by Crippen LogP contribution is -2.65. The maximum absolute atomic E-state index is 13.7. The van der Waals surface area contributed by atoms with Gasteiger partial charge in [-0.15, -0.1) is 24.8 Å². The fourth-order valence-corrected chi connectivity index (χ4v) is 16.5. The predicted molar refractivity (Wildman–Crippen MR) is 375 cm³/mol. The third-order valence-corrected chi connectivity index (χ3v) is 20.7. The van der Waals surface area contributed by atoms with E-state index >= 15 is 0 Å². The van der Waals surface area contributed by atoms with Gasteiger partial charge in [-0.3, -0.25) is 57.9 Å². The second kappa shape index (κ2) is 28.8. The van der Waals surface area contributed by atoms with Gasteiger partial charge in [-0.2, -0.15) is 0 Å². The van der Waals surface area contributed by atoms with Crippen LogP contribution in [0.3, 0.4) is 0 Å². The highest BCUT2D eigenvalue weighted by atomic mass is 16.4. The van der Waals surface area contributed by atoms with Crippen molar-refractivity contribution in [3.63, 3.8) is 0 Å². The fourth-order valence-electron chi connectivity index (χ4n) is 16.5. The van der Waals surface area contributed by atoms with Crippen molar-refractivity contribution >= 4 is 75.8 Å². The number of phenols is 3. The van der Waals surface area contributed by atoms with Crippen LogP contribution in [0.1, 0.15) is 97.0 Å². The van der Waals surface area contributed by atoms with E-state index < -0.39 is 174 Å². The first-order valence-electron chi connectivity index (χ1n) is 32.6. The minimum Gasteiger partial charge on any atom is -0.508 e. The molecule has 0 aliphatic heterocycles. The molecule has 0 bridgehead atoms. The Balaban J connectivity index is 0.000000188. The van der Waals surface area contributed by atoms with Gasteiger partial charge >= 0.3 is 0 Å². The number of carbonyl (C=O) groups excluding carboxylic acids is 9. The molecule has 0 heterocycles. The Kier molecular flexibility index (Phi) is 21.8. The number of benzene rings is 3. The number of aliphatic hydroxyl groups is 9. The second-order valence-corrected chi connectivity index (χ2v) is 27.2. The van der Waals surface area contributed by atoms with Crippen molar-refractivity contribution in [3.8, 4) is 41.4 Å². The number of aryl methyl sites for hydroxylation is 1. The molecule has 0 radical (unpaired) electrons. The summed E-state index contributed by atoms with van der Waals surface area (Å²) >= 11 is 0. The molecule has 27 heteroatoms. The molecule has 3 fully saturated rings. The normalized spacial score (nSPS) is 27.9. The van der Waals surface area contributed by atoms with Crippen LogP contribution >= 0.6 is 0 Å². The first-order chi connectivity index (χ1) is 48.2. The van der Waals surface area contributed by atoms with E-state index in [-0.39, 0.29) is 82.8 Å². The summed E-state index contributed by atoms with van der Waals surface area (Å²) in [5, 5.41) is 131. The molecule has 27 nitrogen and oxygen atoms in total. The van der Waals surface area contributed by atoms with Gasteiger partial charge in [-0.1, -0.05) is 36.3 Å². The molecule has 544 valence electrons. The molecule has 18 N–H and O–H groups in total. The number of likely N-dealkylation sites (N-methyl/N-ethyl adjacent to an activating group) is 3. The van der Waals surface area contributed by atoms with E-state index in [4.69, 9.17) is 17.2 Å². The maximum atomic E-state index is 13.7. The van der Waals surface area contributed by atoms with E-state index in [2.05, 4.69) is 30.8 Å². The van der Waals surface area contributed by atoms with Gasteiger partial charge in [-0.05, 0) is 185 Å². The van der Waals surface area contributed by atoms with Crippen molar-refractivity contribution in [2.24, 2.45) is 52.7 Å². The topological polar surface area (TPSA) is 484 Å².